The molecule has 1 saturated carbocycles. The second kappa shape index (κ2) is 6.99. The van der Waals surface area contributed by atoms with Crippen LogP contribution in [0.5, 0.6) is 0 Å². The van der Waals surface area contributed by atoms with E-state index in [0.717, 1.165) is 29.2 Å². The maximum absolute atomic E-state index is 4.69. The Balaban J connectivity index is 1.60. The Kier molecular flexibility index (Phi) is 4.81. The first kappa shape index (κ1) is 14.5. The molecule has 1 fully saturated rings. The van der Waals surface area contributed by atoms with Gasteiger partial charge in [0.1, 0.15) is 0 Å². The quantitative estimate of drug-likeness (QED) is 0.859. The molecular formula is C18H25N3. The van der Waals surface area contributed by atoms with E-state index >= 15 is 0 Å². The summed E-state index contributed by atoms with van der Waals surface area (Å²) in [5.41, 5.74) is 2.99. The number of para-hydroxylation sites is 2. The summed E-state index contributed by atoms with van der Waals surface area (Å²) in [6.45, 7) is 3.14. The molecule has 1 aromatic carbocycles. The SMILES string of the molecule is C[C@H](NCc1cnc2ccccc2n1)C1CCCCCC1. The van der Waals surface area contributed by atoms with Gasteiger partial charge in [-0.25, -0.2) is 4.98 Å². The number of aromatic nitrogens is 2. The van der Waals surface area contributed by atoms with Crippen LogP contribution < -0.4 is 5.32 Å². The average Bonchev–Trinajstić information content (AvgIpc) is 2.81. The second-order valence-corrected chi connectivity index (χ2v) is 6.27. The van der Waals surface area contributed by atoms with E-state index in [2.05, 4.69) is 22.2 Å². The Bertz CT molecular complexity index is 573. The molecule has 1 heterocycles. The fourth-order valence-corrected chi connectivity index (χ4v) is 3.32. The van der Waals surface area contributed by atoms with Crippen molar-refractivity contribution >= 4 is 11.0 Å². The first-order chi connectivity index (χ1) is 10.3. The van der Waals surface area contributed by atoms with E-state index < -0.39 is 0 Å². The molecule has 21 heavy (non-hydrogen) atoms. The van der Waals surface area contributed by atoms with Gasteiger partial charge in [-0.3, -0.25) is 4.98 Å². The molecule has 3 rings (SSSR count). The highest BCUT2D eigenvalue weighted by molar-refractivity contribution is 5.73. The van der Waals surface area contributed by atoms with Crippen molar-refractivity contribution in [2.24, 2.45) is 5.92 Å². The van der Waals surface area contributed by atoms with Crippen molar-refractivity contribution in [3.8, 4) is 0 Å². The van der Waals surface area contributed by atoms with Gasteiger partial charge in [0.05, 0.1) is 22.9 Å². The van der Waals surface area contributed by atoms with Crippen LogP contribution in [-0.2, 0) is 6.54 Å². The van der Waals surface area contributed by atoms with Crippen LogP contribution in [0.3, 0.4) is 0 Å². The number of benzene rings is 1. The summed E-state index contributed by atoms with van der Waals surface area (Å²) < 4.78 is 0. The number of fused-ring (bicyclic) bond motifs is 1. The smallest absolute Gasteiger partial charge is 0.0890 e. The molecule has 1 aliphatic rings. The molecule has 1 atom stereocenters. The van der Waals surface area contributed by atoms with Crippen LogP contribution in [0.1, 0.15) is 51.1 Å². The fraction of sp³-hybridized carbons (Fsp3) is 0.556. The lowest BCUT2D eigenvalue weighted by atomic mass is 9.93. The van der Waals surface area contributed by atoms with E-state index in [1.807, 2.05) is 30.5 Å². The maximum Gasteiger partial charge on any atom is 0.0890 e. The van der Waals surface area contributed by atoms with Crippen molar-refractivity contribution in [3.63, 3.8) is 0 Å². The van der Waals surface area contributed by atoms with Crippen molar-refractivity contribution in [3.05, 3.63) is 36.2 Å². The monoisotopic (exact) mass is 283 g/mol. The number of rotatable bonds is 4. The Hall–Kier alpha value is -1.48. The Morgan fingerprint density at radius 2 is 1.81 bits per heavy atom. The molecule has 3 heteroatoms. The van der Waals surface area contributed by atoms with Gasteiger partial charge < -0.3 is 5.32 Å². The summed E-state index contributed by atoms with van der Waals surface area (Å²) in [4.78, 5) is 9.17. The summed E-state index contributed by atoms with van der Waals surface area (Å²) in [7, 11) is 0. The average molecular weight is 283 g/mol. The van der Waals surface area contributed by atoms with Gasteiger partial charge in [-0.05, 0) is 37.8 Å². The van der Waals surface area contributed by atoms with E-state index in [0.29, 0.717) is 6.04 Å². The molecule has 0 radical (unpaired) electrons. The number of hydrogen-bond acceptors (Lipinski definition) is 3. The highest BCUT2D eigenvalue weighted by atomic mass is 14.9. The van der Waals surface area contributed by atoms with Gasteiger partial charge in [-0.15, -0.1) is 0 Å². The minimum absolute atomic E-state index is 0.566. The van der Waals surface area contributed by atoms with Gasteiger partial charge in [0.2, 0.25) is 0 Å². The zero-order valence-corrected chi connectivity index (χ0v) is 12.9. The largest absolute Gasteiger partial charge is 0.308 e. The molecule has 3 nitrogen and oxygen atoms in total. The lowest BCUT2D eigenvalue weighted by Gasteiger charge is -2.23. The highest BCUT2D eigenvalue weighted by Crippen LogP contribution is 2.25. The summed E-state index contributed by atoms with van der Waals surface area (Å²) in [6.07, 6.45) is 10.3. The molecule has 0 unspecified atom stereocenters. The van der Waals surface area contributed by atoms with E-state index in [1.165, 1.54) is 38.5 Å². The third-order valence-electron chi connectivity index (χ3n) is 4.71. The molecule has 112 valence electrons. The summed E-state index contributed by atoms with van der Waals surface area (Å²) in [5.74, 6) is 0.820. The third-order valence-corrected chi connectivity index (χ3v) is 4.71. The molecule has 1 N–H and O–H groups in total. The van der Waals surface area contributed by atoms with Gasteiger partial charge in [0.25, 0.3) is 0 Å². The van der Waals surface area contributed by atoms with Crippen LogP contribution in [-0.4, -0.2) is 16.0 Å². The molecule has 0 amide bonds. The normalized spacial score (nSPS) is 18.5. The van der Waals surface area contributed by atoms with Crippen molar-refractivity contribution in [2.45, 2.75) is 58.0 Å². The Morgan fingerprint density at radius 3 is 2.57 bits per heavy atom. The molecule has 0 spiro atoms. The van der Waals surface area contributed by atoms with Crippen molar-refractivity contribution in [2.75, 3.05) is 0 Å². The lowest BCUT2D eigenvalue weighted by molar-refractivity contribution is 0.335. The fourth-order valence-electron chi connectivity index (χ4n) is 3.32. The standard InChI is InChI=1S/C18H25N3/c1-14(15-8-4-2-3-5-9-15)19-12-16-13-20-17-10-6-7-11-18(17)21-16/h6-7,10-11,13-15,19H,2-5,8-9,12H2,1H3/t14-/m0/s1. The minimum Gasteiger partial charge on any atom is -0.308 e. The molecule has 0 bridgehead atoms. The predicted octanol–water partition coefficient (Wildman–Crippen LogP) is 4.08. The van der Waals surface area contributed by atoms with Crippen LogP contribution >= 0.6 is 0 Å². The first-order valence-electron chi connectivity index (χ1n) is 8.27. The predicted molar refractivity (Wildman–Crippen MR) is 87.0 cm³/mol. The Labute approximate surface area is 127 Å². The third kappa shape index (κ3) is 3.79. The van der Waals surface area contributed by atoms with E-state index in [9.17, 15) is 0 Å². The zero-order chi connectivity index (χ0) is 14.5. The zero-order valence-electron chi connectivity index (χ0n) is 12.9. The summed E-state index contributed by atoms with van der Waals surface area (Å²) in [5, 5.41) is 3.66. The summed E-state index contributed by atoms with van der Waals surface area (Å²) in [6, 6.07) is 8.62. The molecule has 0 aliphatic heterocycles. The van der Waals surface area contributed by atoms with Crippen LogP contribution in [0.2, 0.25) is 0 Å². The van der Waals surface area contributed by atoms with Gasteiger partial charge in [-0.2, -0.15) is 0 Å². The van der Waals surface area contributed by atoms with E-state index in [1.54, 1.807) is 0 Å². The van der Waals surface area contributed by atoms with Crippen LogP contribution in [0.25, 0.3) is 11.0 Å². The number of nitrogens with one attached hydrogen (secondary N) is 1. The Morgan fingerprint density at radius 1 is 1.10 bits per heavy atom. The van der Waals surface area contributed by atoms with Crippen molar-refractivity contribution in [1.82, 2.24) is 15.3 Å². The van der Waals surface area contributed by atoms with Crippen molar-refractivity contribution in [1.29, 1.82) is 0 Å². The first-order valence-corrected chi connectivity index (χ1v) is 8.27. The van der Waals surface area contributed by atoms with Crippen LogP contribution in [0, 0.1) is 5.92 Å². The molecule has 2 aromatic rings. The summed E-state index contributed by atoms with van der Waals surface area (Å²) >= 11 is 0. The highest BCUT2D eigenvalue weighted by Gasteiger charge is 2.18. The molecule has 0 saturated heterocycles. The second-order valence-electron chi connectivity index (χ2n) is 6.27. The lowest BCUT2D eigenvalue weighted by Crippen LogP contribution is -2.33. The molecule has 1 aromatic heterocycles. The van der Waals surface area contributed by atoms with Crippen molar-refractivity contribution < 1.29 is 0 Å². The topological polar surface area (TPSA) is 37.8 Å². The van der Waals surface area contributed by atoms with Gasteiger partial charge in [0, 0.05) is 12.6 Å². The maximum atomic E-state index is 4.69. The van der Waals surface area contributed by atoms with E-state index in [4.69, 9.17) is 0 Å². The number of nitrogens with zero attached hydrogens (tertiary/aromatic N) is 2. The molecule has 1 aliphatic carbocycles. The van der Waals surface area contributed by atoms with Gasteiger partial charge >= 0.3 is 0 Å². The number of hydrogen-bond donors (Lipinski definition) is 1. The van der Waals surface area contributed by atoms with E-state index in [-0.39, 0.29) is 0 Å². The minimum atomic E-state index is 0.566. The van der Waals surface area contributed by atoms with Crippen LogP contribution in [0.15, 0.2) is 30.5 Å². The molecular weight excluding hydrogens is 258 g/mol. The van der Waals surface area contributed by atoms with Gasteiger partial charge in [-0.1, -0.05) is 37.8 Å². The van der Waals surface area contributed by atoms with Crippen LogP contribution in [0.4, 0.5) is 0 Å². The van der Waals surface area contributed by atoms with Gasteiger partial charge in [0.15, 0.2) is 0 Å².